The molecule has 0 unspecified atom stereocenters. The second-order valence-corrected chi connectivity index (χ2v) is 3.84. The topological polar surface area (TPSA) is 38.7 Å². The summed E-state index contributed by atoms with van der Waals surface area (Å²) in [6, 6.07) is 0. The zero-order valence-corrected chi connectivity index (χ0v) is 9.45. The predicted molar refractivity (Wildman–Crippen MR) is 65.6 cm³/mol. The van der Waals surface area contributed by atoms with E-state index in [2.05, 4.69) is 24.7 Å². The smallest absolute Gasteiger partial charge is 0.352 e. The van der Waals surface area contributed by atoms with Gasteiger partial charge in [-0.05, 0) is 12.8 Å². The van der Waals surface area contributed by atoms with Gasteiger partial charge in [-0.1, -0.05) is 18.2 Å². The average molecular weight is 219 g/mol. The van der Waals surface area contributed by atoms with Gasteiger partial charge in [-0.3, -0.25) is 4.99 Å². The molecule has 0 aromatic heterocycles. The fourth-order valence-electron chi connectivity index (χ4n) is 1.74. The lowest BCUT2D eigenvalue weighted by atomic mass is 9.91. The highest BCUT2D eigenvalue weighted by Gasteiger charge is 2.34. The van der Waals surface area contributed by atoms with E-state index in [1.807, 2.05) is 0 Å². The van der Waals surface area contributed by atoms with Crippen molar-refractivity contribution in [2.75, 3.05) is 6.61 Å². The van der Waals surface area contributed by atoms with Gasteiger partial charge in [-0.25, -0.2) is 4.79 Å². The lowest BCUT2D eigenvalue weighted by molar-refractivity contribution is -0.138. The summed E-state index contributed by atoms with van der Waals surface area (Å²) < 4.78 is 5.15. The first kappa shape index (κ1) is 12.4. The Balaban J connectivity index is 3.00. The van der Waals surface area contributed by atoms with Gasteiger partial charge in [0.25, 0.3) is 0 Å². The minimum Gasteiger partial charge on any atom is -0.459 e. The second-order valence-electron chi connectivity index (χ2n) is 3.84. The molecule has 1 aliphatic rings. The van der Waals surface area contributed by atoms with E-state index in [0.717, 1.165) is 0 Å². The first-order valence-corrected chi connectivity index (χ1v) is 5.26. The summed E-state index contributed by atoms with van der Waals surface area (Å²) in [4.78, 5) is 15.9. The average Bonchev–Trinajstić information content (AvgIpc) is 2.25. The first-order valence-electron chi connectivity index (χ1n) is 5.26. The largest absolute Gasteiger partial charge is 0.459 e. The number of ether oxygens (including phenoxy) is 1. The van der Waals surface area contributed by atoms with E-state index >= 15 is 0 Å². The maximum atomic E-state index is 11.4. The molecule has 1 heterocycles. The van der Waals surface area contributed by atoms with Crippen molar-refractivity contribution in [2.45, 2.75) is 24.8 Å². The van der Waals surface area contributed by atoms with Gasteiger partial charge in [0.1, 0.15) is 17.9 Å². The van der Waals surface area contributed by atoms with Crippen LogP contribution in [-0.2, 0) is 9.53 Å². The van der Waals surface area contributed by atoms with Gasteiger partial charge in [-0.15, -0.1) is 19.7 Å². The Morgan fingerprint density at radius 3 is 2.38 bits per heavy atom. The molecule has 0 aromatic carbocycles. The van der Waals surface area contributed by atoms with Crippen LogP contribution < -0.4 is 0 Å². The Hall–Kier alpha value is -1.64. The highest BCUT2D eigenvalue weighted by Crippen LogP contribution is 2.26. The summed E-state index contributed by atoms with van der Waals surface area (Å²) in [6.45, 7) is 11.3. The van der Waals surface area contributed by atoms with Crippen molar-refractivity contribution >= 4 is 11.7 Å². The van der Waals surface area contributed by atoms with Crippen LogP contribution in [0.25, 0.3) is 0 Å². The SMILES string of the molecule is C=CCC1=NC(CC=C)(CC=C)COC1=O. The zero-order chi connectivity index (χ0) is 12.0. The van der Waals surface area contributed by atoms with Gasteiger partial charge in [0, 0.05) is 6.42 Å². The summed E-state index contributed by atoms with van der Waals surface area (Å²) in [5.74, 6) is -0.344. The van der Waals surface area contributed by atoms with Crippen LogP contribution in [0.5, 0.6) is 0 Å². The van der Waals surface area contributed by atoms with E-state index in [4.69, 9.17) is 4.74 Å². The fourth-order valence-corrected chi connectivity index (χ4v) is 1.74. The fraction of sp³-hybridized carbons (Fsp3) is 0.385. The molecule has 3 nitrogen and oxygen atoms in total. The van der Waals surface area contributed by atoms with Crippen LogP contribution in [0.4, 0.5) is 0 Å². The number of carbonyl (C=O) groups excluding carboxylic acids is 1. The van der Waals surface area contributed by atoms with Gasteiger partial charge in [0.05, 0.1) is 0 Å². The van der Waals surface area contributed by atoms with E-state index < -0.39 is 5.54 Å². The molecule has 16 heavy (non-hydrogen) atoms. The molecule has 0 saturated heterocycles. The number of hydrogen-bond donors (Lipinski definition) is 0. The molecular formula is C13H17NO2. The molecule has 0 aliphatic carbocycles. The van der Waals surface area contributed by atoms with Crippen LogP contribution in [-0.4, -0.2) is 23.8 Å². The van der Waals surface area contributed by atoms with E-state index in [9.17, 15) is 4.79 Å². The highest BCUT2D eigenvalue weighted by molar-refractivity contribution is 6.37. The number of aliphatic imine (C=N–C) groups is 1. The number of rotatable bonds is 6. The van der Waals surface area contributed by atoms with Crippen molar-refractivity contribution in [1.29, 1.82) is 0 Å². The molecule has 86 valence electrons. The van der Waals surface area contributed by atoms with Crippen molar-refractivity contribution in [3.05, 3.63) is 38.0 Å². The Bertz CT molecular complexity index is 332. The zero-order valence-electron chi connectivity index (χ0n) is 9.45. The molecule has 0 amide bonds. The lowest BCUT2D eigenvalue weighted by Crippen LogP contribution is -2.41. The van der Waals surface area contributed by atoms with Gasteiger partial charge in [0.15, 0.2) is 0 Å². The molecule has 0 fully saturated rings. The van der Waals surface area contributed by atoms with Gasteiger partial charge in [-0.2, -0.15) is 0 Å². The Morgan fingerprint density at radius 1 is 1.25 bits per heavy atom. The standard InChI is InChI=1S/C13H17NO2/c1-4-7-11-12(15)16-10-13(14-11,8-5-2)9-6-3/h4-6H,1-3,7-10H2. The van der Waals surface area contributed by atoms with Crippen LogP contribution >= 0.6 is 0 Å². The molecule has 0 N–H and O–H groups in total. The summed E-state index contributed by atoms with van der Waals surface area (Å²) in [7, 11) is 0. The first-order chi connectivity index (χ1) is 7.67. The lowest BCUT2D eigenvalue weighted by Gasteiger charge is -2.31. The van der Waals surface area contributed by atoms with E-state index in [1.54, 1.807) is 18.2 Å². The molecule has 0 spiro atoms. The van der Waals surface area contributed by atoms with Gasteiger partial charge in [0.2, 0.25) is 0 Å². The quantitative estimate of drug-likeness (QED) is 0.508. The van der Waals surface area contributed by atoms with Crippen molar-refractivity contribution < 1.29 is 9.53 Å². The van der Waals surface area contributed by atoms with Crippen molar-refractivity contribution in [3.8, 4) is 0 Å². The molecule has 1 aliphatic heterocycles. The van der Waals surface area contributed by atoms with Crippen LogP contribution in [0.1, 0.15) is 19.3 Å². The van der Waals surface area contributed by atoms with Crippen LogP contribution in [0.2, 0.25) is 0 Å². The van der Waals surface area contributed by atoms with Crippen molar-refractivity contribution in [3.63, 3.8) is 0 Å². The highest BCUT2D eigenvalue weighted by atomic mass is 16.5. The maximum Gasteiger partial charge on any atom is 0.352 e. The Morgan fingerprint density at radius 2 is 1.88 bits per heavy atom. The van der Waals surface area contributed by atoms with Gasteiger partial charge >= 0.3 is 5.97 Å². The number of allylic oxidation sites excluding steroid dienone is 1. The summed E-state index contributed by atoms with van der Waals surface area (Å²) in [5, 5.41) is 0. The normalized spacial score (nSPS) is 18.2. The molecule has 0 saturated carbocycles. The third-order valence-electron chi connectivity index (χ3n) is 2.47. The van der Waals surface area contributed by atoms with Crippen molar-refractivity contribution in [1.82, 2.24) is 0 Å². The number of carbonyl (C=O) groups is 1. The number of cyclic esters (lactones) is 1. The molecule has 0 aromatic rings. The summed E-state index contributed by atoms with van der Waals surface area (Å²) in [6.07, 6.45) is 7.02. The molecule has 1 rings (SSSR count). The van der Waals surface area contributed by atoms with E-state index in [1.165, 1.54) is 0 Å². The van der Waals surface area contributed by atoms with E-state index in [-0.39, 0.29) is 5.97 Å². The third-order valence-corrected chi connectivity index (χ3v) is 2.47. The monoisotopic (exact) mass is 219 g/mol. The molecule has 0 bridgehead atoms. The van der Waals surface area contributed by atoms with Gasteiger partial charge < -0.3 is 4.74 Å². The van der Waals surface area contributed by atoms with Crippen LogP contribution in [0, 0.1) is 0 Å². The Kier molecular flexibility index (Phi) is 4.23. The minimum atomic E-state index is -0.407. The predicted octanol–water partition coefficient (Wildman–Crippen LogP) is 2.45. The number of esters is 1. The molecule has 0 atom stereocenters. The molecule has 3 heteroatoms. The van der Waals surface area contributed by atoms with Crippen molar-refractivity contribution in [2.24, 2.45) is 4.99 Å². The summed E-state index contributed by atoms with van der Waals surface area (Å²) in [5.41, 5.74) is 0.0281. The molecular weight excluding hydrogens is 202 g/mol. The van der Waals surface area contributed by atoms with Crippen LogP contribution in [0.3, 0.4) is 0 Å². The summed E-state index contributed by atoms with van der Waals surface area (Å²) >= 11 is 0. The van der Waals surface area contributed by atoms with Crippen LogP contribution in [0.15, 0.2) is 43.0 Å². The second kappa shape index (κ2) is 5.45. The van der Waals surface area contributed by atoms with E-state index in [0.29, 0.717) is 31.6 Å². The Labute approximate surface area is 96.2 Å². The molecule has 0 radical (unpaired) electrons. The number of hydrogen-bond acceptors (Lipinski definition) is 3. The minimum absolute atomic E-state index is 0.296. The third kappa shape index (κ3) is 2.69. The number of nitrogens with zero attached hydrogens (tertiary/aromatic N) is 1. The maximum absolute atomic E-state index is 11.4.